The molecule has 2 rings (SSSR count). The van der Waals surface area contributed by atoms with Crippen molar-refractivity contribution < 1.29 is 5.21 Å². The molecule has 0 spiro atoms. The number of likely N-dealkylation sites (tertiary alicyclic amines) is 1. The Kier molecular flexibility index (Phi) is 4.26. The summed E-state index contributed by atoms with van der Waals surface area (Å²) in [5.41, 5.74) is 5.67. The van der Waals surface area contributed by atoms with Crippen LogP contribution in [-0.2, 0) is 0 Å². The minimum absolute atomic E-state index is 0.372. The third-order valence-corrected chi connectivity index (χ3v) is 4.55. The summed E-state index contributed by atoms with van der Waals surface area (Å²) in [5, 5.41) is 11.8. The highest BCUT2D eigenvalue weighted by Gasteiger charge is 2.37. The fourth-order valence-corrected chi connectivity index (χ4v) is 3.72. The van der Waals surface area contributed by atoms with E-state index in [-0.39, 0.29) is 0 Å². The van der Waals surface area contributed by atoms with Crippen LogP contribution < -0.4 is 5.73 Å². The Balaban J connectivity index is 2.02. The number of hydrogen-bond donors (Lipinski definition) is 2. The minimum atomic E-state index is 0.372. The Bertz CT molecular complexity index is 280. The largest absolute Gasteiger partial charge is 0.409 e. The first-order valence-electron chi connectivity index (χ1n) is 6.98. The molecule has 0 radical (unpaired) electrons. The molecule has 0 aromatic carbocycles. The summed E-state index contributed by atoms with van der Waals surface area (Å²) in [5.74, 6) is 1.28. The van der Waals surface area contributed by atoms with Gasteiger partial charge in [-0.05, 0) is 44.6 Å². The molecule has 3 unspecified atom stereocenters. The lowest BCUT2D eigenvalue weighted by molar-refractivity contribution is 0.0677. The Morgan fingerprint density at radius 3 is 2.88 bits per heavy atom. The molecule has 3 N–H and O–H groups in total. The van der Waals surface area contributed by atoms with Crippen molar-refractivity contribution in [2.75, 3.05) is 6.54 Å². The fraction of sp³-hybridized carbons (Fsp3) is 0.923. The first-order chi connectivity index (χ1) is 8.26. The van der Waals surface area contributed by atoms with E-state index in [2.05, 4.69) is 17.0 Å². The van der Waals surface area contributed by atoms with Crippen LogP contribution in [0.15, 0.2) is 5.16 Å². The van der Waals surface area contributed by atoms with Crippen molar-refractivity contribution in [3.8, 4) is 0 Å². The number of piperidine rings is 1. The first kappa shape index (κ1) is 12.7. The van der Waals surface area contributed by atoms with Crippen LogP contribution in [0.2, 0.25) is 0 Å². The van der Waals surface area contributed by atoms with Crippen molar-refractivity contribution >= 4 is 5.84 Å². The van der Waals surface area contributed by atoms with E-state index >= 15 is 0 Å². The van der Waals surface area contributed by atoms with Gasteiger partial charge in [0.05, 0.1) is 0 Å². The van der Waals surface area contributed by atoms with Gasteiger partial charge in [-0.2, -0.15) is 0 Å². The second kappa shape index (κ2) is 5.71. The molecule has 0 aromatic rings. The number of nitrogens with zero attached hydrogens (tertiary/aromatic N) is 2. The summed E-state index contributed by atoms with van der Waals surface area (Å²) < 4.78 is 0. The number of oxime groups is 1. The smallest absolute Gasteiger partial charge is 0.140 e. The molecule has 0 bridgehead atoms. The maximum absolute atomic E-state index is 8.71. The number of amidine groups is 1. The molecule has 1 heterocycles. The van der Waals surface area contributed by atoms with Crippen LogP contribution >= 0.6 is 0 Å². The average molecular weight is 239 g/mol. The summed E-state index contributed by atoms with van der Waals surface area (Å²) in [6, 6.07) is 1.22. The second-order valence-electron chi connectivity index (χ2n) is 5.50. The van der Waals surface area contributed by atoms with Crippen LogP contribution in [0.1, 0.15) is 51.9 Å². The van der Waals surface area contributed by atoms with Crippen molar-refractivity contribution in [2.45, 2.75) is 64.0 Å². The molecule has 0 amide bonds. The van der Waals surface area contributed by atoms with Crippen molar-refractivity contribution in [3.63, 3.8) is 0 Å². The van der Waals surface area contributed by atoms with Crippen molar-refractivity contribution in [2.24, 2.45) is 16.8 Å². The molecule has 1 aliphatic heterocycles. The highest BCUT2D eigenvalue weighted by Crippen LogP contribution is 2.38. The van der Waals surface area contributed by atoms with Crippen LogP contribution in [0.5, 0.6) is 0 Å². The number of hydrogen-bond acceptors (Lipinski definition) is 3. The second-order valence-corrected chi connectivity index (χ2v) is 5.50. The van der Waals surface area contributed by atoms with Crippen LogP contribution in [0.4, 0.5) is 0 Å². The summed E-state index contributed by atoms with van der Waals surface area (Å²) in [6.45, 7) is 3.40. The summed E-state index contributed by atoms with van der Waals surface area (Å²) in [6.07, 6.45) is 8.63. The highest BCUT2D eigenvalue weighted by molar-refractivity contribution is 5.80. The zero-order chi connectivity index (χ0) is 12.3. The molecule has 2 aliphatic rings. The van der Waals surface area contributed by atoms with Gasteiger partial charge in [0.25, 0.3) is 0 Å². The van der Waals surface area contributed by atoms with Gasteiger partial charge >= 0.3 is 0 Å². The average Bonchev–Trinajstić information content (AvgIpc) is 2.83. The van der Waals surface area contributed by atoms with Crippen LogP contribution in [-0.4, -0.2) is 34.6 Å². The summed E-state index contributed by atoms with van der Waals surface area (Å²) in [4.78, 5) is 2.64. The SMILES string of the molecule is CCC(CC(N)=NO)N1CCCC2CCCC21. The highest BCUT2D eigenvalue weighted by atomic mass is 16.4. The zero-order valence-electron chi connectivity index (χ0n) is 10.8. The third kappa shape index (κ3) is 2.73. The van der Waals surface area contributed by atoms with Crippen molar-refractivity contribution in [3.05, 3.63) is 0 Å². The maximum Gasteiger partial charge on any atom is 0.140 e. The molecule has 2 fully saturated rings. The van der Waals surface area contributed by atoms with Crippen molar-refractivity contribution in [1.82, 2.24) is 4.90 Å². The van der Waals surface area contributed by atoms with Crippen LogP contribution in [0, 0.1) is 5.92 Å². The lowest BCUT2D eigenvalue weighted by Gasteiger charge is -2.42. The monoisotopic (exact) mass is 239 g/mol. The maximum atomic E-state index is 8.71. The molecular formula is C13H25N3O. The zero-order valence-corrected chi connectivity index (χ0v) is 10.8. The van der Waals surface area contributed by atoms with Crippen LogP contribution in [0.25, 0.3) is 0 Å². The van der Waals surface area contributed by atoms with Gasteiger partial charge in [-0.15, -0.1) is 0 Å². The minimum Gasteiger partial charge on any atom is -0.409 e. The first-order valence-corrected chi connectivity index (χ1v) is 6.98. The Labute approximate surface area is 104 Å². The standard InChI is InChI=1S/C13H25N3O/c1-2-11(9-13(14)15-17)16-8-4-6-10-5-3-7-12(10)16/h10-12,17H,2-9H2,1H3,(H2,14,15). The summed E-state index contributed by atoms with van der Waals surface area (Å²) in [7, 11) is 0. The van der Waals surface area contributed by atoms with Crippen LogP contribution in [0.3, 0.4) is 0 Å². The molecule has 3 atom stereocenters. The van der Waals surface area contributed by atoms with Gasteiger partial charge in [0.1, 0.15) is 5.84 Å². The van der Waals surface area contributed by atoms with E-state index in [9.17, 15) is 0 Å². The topological polar surface area (TPSA) is 61.9 Å². The Morgan fingerprint density at radius 2 is 2.18 bits per heavy atom. The van der Waals surface area contributed by atoms with Gasteiger partial charge in [0, 0.05) is 18.5 Å². The van der Waals surface area contributed by atoms with E-state index in [1.54, 1.807) is 0 Å². The van der Waals surface area contributed by atoms with Gasteiger partial charge in [-0.25, -0.2) is 0 Å². The van der Waals surface area contributed by atoms with E-state index in [4.69, 9.17) is 10.9 Å². The molecule has 4 nitrogen and oxygen atoms in total. The van der Waals surface area contributed by atoms with Gasteiger partial charge in [0.15, 0.2) is 0 Å². The van der Waals surface area contributed by atoms with Gasteiger partial charge in [-0.3, -0.25) is 4.90 Å². The number of nitrogens with two attached hydrogens (primary N) is 1. The molecule has 4 heteroatoms. The van der Waals surface area contributed by atoms with E-state index in [0.29, 0.717) is 18.3 Å². The third-order valence-electron chi connectivity index (χ3n) is 4.55. The van der Waals surface area contributed by atoms with E-state index in [1.807, 2.05) is 0 Å². The number of rotatable bonds is 4. The molecule has 1 aliphatic carbocycles. The molecule has 17 heavy (non-hydrogen) atoms. The van der Waals surface area contributed by atoms with E-state index < -0.39 is 0 Å². The normalized spacial score (nSPS) is 32.4. The Hall–Kier alpha value is -0.770. The molecule has 0 aromatic heterocycles. The lowest BCUT2D eigenvalue weighted by Crippen LogP contribution is -2.49. The number of fused-ring (bicyclic) bond motifs is 1. The predicted octanol–water partition coefficient (Wildman–Crippen LogP) is 2.17. The molecule has 98 valence electrons. The predicted molar refractivity (Wildman–Crippen MR) is 69.2 cm³/mol. The lowest BCUT2D eigenvalue weighted by atomic mass is 9.89. The van der Waals surface area contributed by atoms with Crippen molar-refractivity contribution in [1.29, 1.82) is 0 Å². The fourth-order valence-electron chi connectivity index (χ4n) is 3.72. The van der Waals surface area contributed by atoms with Gasteiger partial charge < -0.3 is 10.9 Å². The quantitative estimate of drug-likeness (QED) is 0.342. The molecular weight excluding hydrogens is 214 g/mol. The summed E-state index contributed by atoms with van der Waals surface area (Å²) >= 11 is 0. The molecule has 1 saturated heterocycles. The van der Waals surface area contributed by atoms with Gasteiger partial charge in [-0.1, -0.05) is 18.5 Å². The van der Waals surface area contributed by atoms with E-state index in [1.165, 1.54) is 38.6 Å². The molecule has 1 saturated carbocycles. The van der Waals surface area contributed by atoms with Gasteiger partial charge in [0.2, 0.25) is 0 Å². The Morgan fingerprint density at radius 1 is 1.41 bits per heavy atom. The van der Waals surface area contributed by atoms with E-state index in [0.717, 1.165) is 18.4 Å².